The van der Waals surface area contributed by atoms with Crippen molar-refractivity contribution >= 4 is 25.3 Å². The van der Waals surface area contributed by atoms with Crippen molar-refractivity contribution in [2.75, 3.05) is 0 Å². The van der Waals surface area contributed by atoms with Gasteiger partial charge < -0.3 is 9.61 Å². The first kappa shape index (κ1) is 8.97. The summed E-state index contributed by atoms with van der Waals surface area (Å²) in [7, 11) is 1.13. The minimum Gasteiger partial charge on any atom is -0.373 e. The molecule has 0 unspecified atom stereocenters. The number of hydrogen-bond donors (Lipinski definition) is 0. The summed E-state index contributed by atoms with van der Waals surface area (Å²) in [5.41, 5.74) is 0. The highest BCUT2D eigenvalue weighted by molar-refractivity contribution is 6.66. The van der Waals surface area contributed by atoms with Gasteiger partial charge in [-0.25, -0.2) is 0 Å². The third-order valence-electron chi connectivity index (χ3n) is 1.95. The summed E-state index contributed by atoms with van der Waals surface area (Å²) < 4.78 is 0. The highest BCUT2D eigenvalue weighted by Gasteiger charge is 2.33. The summed E-state index contributed by atoms with van der Waals surface area (Å²) in [6.45, 7) is 1.43. The maximum Gasteiger partial charge on any atom is 0.331 e. The average Bonchev–Trinajstić information content (AvgIpc) is 2.34. The molecule has 0 aromatic heterocycles. The smallest absolute Gasteiger partial charge is 0.331 e. The van der Waals surface area contributed by atoms with Crippen molar-refractivity contribution in [3.05, 3.63) is 0 Å². The van der Waals surface area contributed by atoms with Crippen LogP contribution >= 0.6 is 0 Å². The quantitative estimate of drug-likeness (QED) is 0.414. The molecule has 63 valence electrons. The molecule has 0 saturated carbocycles. The van der Waals surface area contributed by atoms with Gasteiger partial charge in [-0.2, -0.15) is 0 Å². The Kier molecular flexibility index (Phi) is 2.63. The molecular formula is C7H9BNO3. The molecule has 1 amide bonds. The van der Waals surface area contributed by atoms with E-state index >= 15 is 0 Å². The number of carbonyl (C=O) groups is 3. The number of rotatable bonds is 3. The summed E-state index contributed by atoms with van der Waals surface area (Å²) in [6.07, 6.45) is 1.41. The second-order valence-corrected chi connectivity index (χ2v) is 2.75. The molecule has 0 aromatic carbocycles. The van der Waals surface area contributed by atoms with Crippen LogP contribution in [0.5, 0.6) is 0 Å². The van der Waals surface area contributed by atoms with Crippen molar-refractivity contribution in [3.63, 3.8) is 0 Å². The van der Waals surface area contributed by atoms with Crippen LogP contribution in [0.25, 0.3) is 0 Å². The lowest BCUT2D eigenvalue weighted by molar-refractivity contribution is -0.128. The van der Waals surface area contributed by atoms with E-state index in [1.54, 1.807) is 0 Å². The van der Waals surface area contributed by atoms with Crippen molar-refractivity contribution in [1.82, 2.24) is 4.81 Å². The lowest BCUT2D eigenvalue weighted by Crippen LogP contribution is -2.40. The first-order valence-electron chi connectivity index (χ1n) is 3.77. The maximum atomic E-state index is 11.1. The summed E-state index contributed by atoms with van der Waals surface area (Å²) in [5.74, 6) is -0.221. The largest absolute Gasteiger partial charge is 0.373 e. The zero-order valence-corrected chi connectivity index (χ0v) is 6.82. The van der Waals surface area contributed by atoms with Crippen molar-refractivity contribution in [1.29, 1.82) is 0 Å². The minimum absolute atomic E-state index is 0.0704. The first-order valence-corrected chi connectivity index (χ1v) is 3.77. The van der Waals surface area contributed by atoms with Crippen LogP contribution in [0.1, 0.15) is 19.8 Å². The molecule has 1 aliphatic rings. The lowest BCUT2D eigenvalue weighted by Gasteiger charge is -2.19. The van der Waals surface area contributed by atoms with Crippen molar-refractivity contribution < 1.29 is 14.4 Å². The van der Waals surface area contributed by atoms with Crippen LogP contribution in [0, 0.1) is 0 Å². The van der Waals surface area contributed by atoms with Gasteiger partial charge in [-0.15, -0.1) is 0 Å². The van der Waals surface area contributed by atoms with Gasteiger partial charge in [-0.05, 0) is 13.3 Å². The molecule has 1 fully saturated rings. The van der Waals surface area contributed by atoms with E-state index in [4.69, 9.17) is 0 Å². The Balaban J connectivity index is 2.69. The molecular weight excluding hydrogens is 157 g/mol. The Bertz CT molecular complexity index is 229. The van der Waals surface area contributed by atoms with E-state index in [1.807, 2.05) is 0 Å². The average molecular weight is 166 g/mol. The van der Waals surface area contributed by atoms with Crippen LogP contribution in [0.3, 0.4) is 0 Å². The summed E-state index contributed by atoms with van der Waals surface area (Å²) in [6, 6.07) is -0.414. The number of carbonyl (C=O) groups excluding carboxylic acids is 3. The van der Waals surface area contributed by atoms with Gasteiger partial charge in [0.25, 0.3) is 0 Å². The van der Waals surface area contributed by atoms with E-state index in [2.05, 4.69) is 0 Å². The summed E-state index contributed by atoms with van der Waals surface area (Å²) >= 11 is 0. The van der Waals surface area contributed by atoms with E-state index in [-0.39, 0.29) is 11.7 Å². The fourth-order valence-electron chi connectivity index (χ4n) is 1.35. The zero-order chi connectivity index (χ0) is 9.14. The second kappa shape index (κ2) is 3.52. The fraction of sp³-hybridized carbons (Fsp3) is 0.571. The molecule has 1 saturated heterocycles. The van der Waals surface area contributed by atoms with E-state index in [0.29, 0.717) is 19.0 Å². The van der Waals surface area contributed by atoms with Crippen LogP contribution in [0.2, 0.25) is 0 Å². The Labute approximate surface area is 71.2 Å². The monoisotopic (exact) mass is 166 g/mol. The molecule has 0 aromatic rings. The molecule has 0 N–H and O–H groups in total. The molecule has 4 nitrogen and oxygen atoms in total. The molecule has 12 heavy (non-hydrogen) atoms. The normalized spacial score (nSPS) is 22.6. The Morgan fingerprint density at radius 2 is 2.42 bits per heavy atom. The van der Waals surface area contributed by atoms with Crippen LogP contribution in [-0.2, 0) is 14.4 Å². The van der Waals surface area contributed by atoms with Gasteiger partial charge in [0.2, 0.25) is 5.91 Å². The molecule has 1 atom stereocenters. The third-order valence-corrected chi connectivity index (χ3v) is 1.95. The molecule has 1 rings (SSSR count). The van der Waals surface area contributed by atoms with Gasteiger partial charge in [0, 0.05) is 6.42 Å². The predicted molar refractivity (Wildman–Crippen MR) is 43.1 cm³/mol. The topological polar surface area (TPSA) is 54.5 Å². The predicted octanol–water partition coefficient (Wildman–Crippen LogP) is -0.624. The molecule has 1 radical (unpaired) electrons. The van der Waals surface area contributed by atoms with E-state index in [0.717, 1.165) is 7.41 Å². The van der Waals surface area contributed by atoms with Gasteiger partial charge in [0.15, 0.2) is 5.78 Å². The van der Waals surface area contributed by atoms with Gasteiger partial charge >= 0.3 is 7.41 Å². The van der Waals surface area contributed by atoms with Crippen molar-refractivity contribution in [2.45, 2.75) is 25.8 Å². The summed E-state index contributed by atoms with van der Waals surface area (Å²) in [4.78, 5) is 33.3. The van der Waals surface area contributed by atoms with Crippen LogP contribution in [0.15, 0.2) is 0 Å². The van der Waals surface area contributed by atoms with E-state index < -0.39 is 6.04 Å². The standard InChI is InChI=1S/C7H9BNO3/c1-5(11)6-2-3-7(12)9(6)8-4-10/h4,6H,2-3H2,1H3/t6-/m0/s1. The van der Waals surface area contributed by atoms with Crippen molar-refractivity contribution in [2.24, 2.45) is 0 Å². The Morgan fingerprint density at radius 3 is 2.92 bits per heavy atom. The molecule has 0 aliphatic carbocycles. The first-order chi connectivity index (χ1) is 5.66. The number of nitrogens with zero attached hydrogens (tertiary/aromatic N) is 1. The molecule has 1 heterocycles. The molecule has 0 spiro atoms. The summed E-state index contributed by atoms with van der Waals surface area (Å²) in [5, 5.41) is 0. The van der Waals surface area contributed by atoms with Gasteiger partial charge in [-0.1, -0.05) is 0 Å². The van der Waals surface area contributed by atoms with Crippen LogP contribution in [-0.4, -0.2) is 36.1 Å². The molecule has 0 bridgehead atoms. The maximum absolute atomic E-state index is 11.1. The number of ketones is 1. The highest BCUT2D eigenvalue weighted by Crippen LogP contribution is 2.17. The van der Waals surface area contributed by atoms with Gasteiger partial charge in [-0.3, -0.25) is 9.59 Å². The number of amides is 1. The third kappa shape index (κ3) is 1.54. The van der Waals surface area contributed by atoms with Gasteiger partial charge in [0.1, 0.15) is 6.19 Å². The molecule has 5 heteroatoms. The zero-order valence-electron chi connectivity index (χ0n) is 6.82. The number of hydrogen-bond acceptors (Lipinski definition) is 3. The fourth-order valence-corrected chi connectivity index (χ4v) is 1.35. The Morgan fingerprint density at radius 1 is 1.75 bits per heavy atom. The van der Waals surface area contributed by atoms with Crippen LogP contribution in [0.4, 0.5) is 0 Å². The van der Waals surface area contributed by atoms with E-state index in [1.165, 1.54) is 11.7 Å². The Hall–Kier alpha value is -1.13. The lowest BCUT2D eigenvalue weighted by atomic mass is 9.92. The van der Waals surface area contributed by atoms with Crippen LogP contribution < -0.4 is 0 Å². The second-order valence-electron chi connectivity index (χ2n) is 2.75. The number of Topliss-reactive ketones (excluding diaryl/α,β-unsaturated/α-hetero) is 1. The minimum atomic E-state index is -0.414. The highest BCUT2D eigenvalue weighted by atomic mass is 16.2. The van der Waals surface area contributed by atoms with Crippen molar-refractivity contribution in [3.8, 4) is 0 Å². The molecule has 1 aliphatic heterocycles. The SMILES string of the molecule is CC(=O)[C@@H]1CCC(=O)N1[B]C=O. The van der Waals surface area contributed by atoms with E-state index in [9.17, 15) is 14.4 Å². The van der Waals surface area contributed by atoms with Gasteiger partial charge in [0.05, 0.1) is 6.04 Å².